The van der Waals surface area contributed by atoms with Crippen LogP contribution >= 0.6 is 0 Å². The number of piperidine rings is 1. The zero-order chi connectivity index (χ0) is 29.0. The van der Waals surface area contributed by atoms with Crippen molar-refractivity contribution < 1.29 is 9.13 Å². The quantitative estimate of drug-likeness (QED) is 0.363. The molecule has 42 heavy (non-hydrogen) atoms. The number of nitrogens with zero attached hydrogens (tertiary/aromatic N) is 2. The number of allylic oxidation sites excluding steroid dienone is 5. The molecule has 1 aromatic rings. The predicted molar refractivity (Wildman–Crippen MR) is 167 cm³/mol. The van der Waals surface area contributed by atoms with Gasteiger partial charge in [0.15, 0.2) is 0 Å². The van der Waals surface area contributed by atoms with Crippen LogP contribution in [0.4, 0.5) is 4.39 Å². The van der Waals surface area contributed by atoms with Crippen LogP contribution in [0.15, 0.2) is 88.1 Å². The first-order valence-electron chi connectivity index (χ1n) is 16.9. The number of hydrogen-bond donors (Lipinski definition) is 0. The molecule has 4 heteroatoms. The molecule has 9 unspecified atom stereocenters. The van der Waals surface area contributed by atoms with Crippen molar-refractivity contribution in [2.24, 2.45) is 29.6 Å². The third kappa shape index (κ3) is 3.50. The Morgan fingerprint density at radius 3 is 2.62 bits per heavy atom. The van der Waals surface area contributed by atoms with Crippen LogP contribution in [-0.4, -0.2) is 34.3 Å². The Hall–Kier alpha value is -2.75. The Balaban J connectivity index is 1.35. The molecule has 4 aliphatic heterocycles. The molecule has 4 heterocycles. The highest BCUT2D eigenvalue weighted by Crippen LogP contribution is 2.62. The maximum Gasteiger partial charge on any atom is 0.133 e. The third-order valence-electron chi connectivity index (χ3n) is 12.2. The van der Waals surface area contributed by atoms with E-state index in [0.29, 0.717) is 30.1 Å². The van der Waals surface area contributed by atoms with Crippen molar-refractivity contribution in [3.8, 4) is 0 Å². The SMILES string of the molecule is C=C1C2=C(C3C(CCC(F)C3C)O2)C2N3C4=C(C(C)C)CC(c5ccccc5)C=C4C(C)C4CCCC(=C43)N2C1CC. The van der Waals surface area contributed by atoms with Gasteiger partial charge in [0.1, 0.15) is 24.2 Å². The van der Waals surface area contributed by atoms with E-state index in [1.54, 1.807) is 22.5 Å². The molecule has 9 atom stereocenters. The molecule has 0 spiro atoms. The molecule has 3 nitrogen and oxygen atoms in total. The minimum absolute atomic E-state index is 0.0383. The molecule has 1 saturated heterocycles. The summed E-state index contributed by atoms with van der Waals surface area (Å²) in [5.74, 6) is 2.96. The van der Waals surface area contributed by atoms with E-state index in [-0.39, 0.29) is 30.1 Å². The van der Waals surface area contributed by atoms with Crippen molar-refractivity contribution >= 4 is 0 Å². The third-order valence-corrected chi connectivity index (χ3v) is 12.2. The largest absolute Gasteiger partial charge is 0.489 e. The van der Waals surface area contributed by atoms with E-state index < -0.39 is 6.17 Å². The summed E-state index contributed by atoms with van der Waals surface area (Å²) in [7, 11) is 0. The highest BCUT2D eigenvalue weighted by Gasteiger charge is 2.61. The number of halogens is 1. The molecule has 0 radical (unpaired) electrons. The summed E-state index contributed by atoms with van der Waals surface area (Å²) >= 11 is 0. The van der Waals surface area contributed by atoms with E-state index in [1.165, 1.54) is 29.7 Å². The number of rotatable bonds is 3. The van der Waals surface area contributed by atoms with Crippen molar-refractivity contribution in [2.45, 2.75) is 110 Å². The molecule has 0 amide bonds. The normalized spacial score (nSPS) is 38.7. The molecule has 7 aliphatic rings. The molecule has 2 fully saturated rings. The van der Waals surface area contributed by atoms with E-state index in [4.69, 9.17) is 11.3 Å². The molecular formula is C38H47FN2O. The van der Waals surface area contributed by atoms with Gasteiger partial charge in [-0.2, -0.15) is 0 Å². The van der Waals surface area contributed by atoms with E-state index >= 15 is 4.39 Å². The lowest BCUT2D eigenvalue weighted by molar-refractivity contribution is 0.0194. The predicted octanol–water partition coefficient (Wildman–Crippen LogP) is 9.00. The van der Waals surface area contributed by atoms with Crippen LogP contribution in [-0.2, 0) is 4.74 Å². The molecular weight excluding hydrogens is 519 g/mol. The van der Waals surface area contributed by atoms with Crippen molar-refractivity contribution in [3.05, 3.63) is 93.7 Å². The molecule has 1 aromatic carbocycles. The number of alkyl halides is 1. The lowest BCUT2D eigenvalue weighted by Gasteiger charge is -2.51. The van der Waals surface area contributed by atoms with Gasteiger partial charge in [0.05, 0.1) is 6.04 Å². The highest BCUT2D eigenvalue weighted by molar-refractivity contribution is 5.57. The standard InChI is InChI=1S/C38H47FN2O/c1-7-30-23(6)37-34(33-22(5)29(39)16-17-32(33)42-37)38-40(30)31-15-11-14-26-21(4)28-19-25(24-12-9-8-10-13-24)18-27(20(2)3)35(28)41(38)36(26)31/h8-10,12-13,19-22,25-26,29-30,32-33,38H,6-7,11,14-18H2,1-5H3. The fourth-order valence-electron chi connectivity index (χ4n) is 10.1. The van der Waals surface area contributed by atoms with Crippen LogP contribution in [0.5, 0.6) is 0 Å². The zero-order valence-electron chi connectivity index (χ0n) is 26.1. The summed E-state index contributed by atoms with van der Waals surface area (Å²) in [5.41, 5.74) is 11.6. The second-order valence-electron chi connectivity index (χ2n) is 14.5. The van der Waals surface area contributed by atoms with Gasteiger partial charge in [0, 0.05) is 46.0 Å². The molecule has 0 aromatic heterocycles. The van der Waals surface area contributed by atoms with Gasteiger partial charge in [-0.05, 0) is 79.4 Å². The van der Waals surface area contributed by atoms with Crippen LogP contribution in [0.25, 0.3) is 0 Å². The van der Waals surface area contributed by atoms with Crippen molar-refractivity contribution in [1.82, 2.24) is 9.80 Å². The Bertz CT molecular complexity index is 1450. The number of ether oxygens (including phenoxy) is 1. The Morgan fingerprint density at radius 1 is 1.10 bits per heavy atom. The summed E-state index contributed by atoms with van der Waals surface area (Å²) in [6.45, 7) is 16.4. The second kappa shape index (κ2) is 9.63. The van der Waals surface area contributed by atoms with Crippen molar-refractivity contribution in [3.63, 3.8) is 0 Å². The first kappa shape index (κ1) is 26.8. The highest BCUT2D eigenvalue weighted by atomic mass is 19.1. The van der Waals surface area contributed by atoms with Crippen LogP contribution in [0, 0.1) is 29.6 Å². The Morgan fingerprint density at radius 2 is 1.88 bits per heavy atom. The molecule has 0 N–H and O–H groups in total. The van der Waals surface area contributed by atoms with E-state index in [1.807, 2.05) is 0 Å². The van der Waals surface area contributed by atoms with Gasteiger partial charge < -0.3 is 14.5 Å². The number of benzene rings is 1. The maximum absolute atomic E-state index is 15.4. The van der Waals surface area contributed by atoms with Crippen molar-refractivity contribution in [2.75, 3.05) is 0 Å². The van der Waals surface area contributed by atoms with Gasteiger partial charge in [-0.1, -0.05) is 77.6 Å². The first-order chi connectivity index (χ1) is 20.3. The Kier molecular flexibility index (Phi) is 6.15. The van der Waals surface area contributed by atoms with Gasteiger partial charge in [0.2, 0.25) is 0 Å². The molecule has 222 valence electrons. The fourth-order valence-corrected chi connectivity index (χ4v) is 10.1. The summed E-state index contributed by atoms with van der Waals surface area (Å²) in [6, 6.07) is 11.3. The average molecular weight is 567 g/mol. The summed E-state index contributed by atoms with van der Waals surface area (Å²) in [6.07, 6.45) is 9.10. The minimum atomic E-state index is -0.771. The summed E-state index contributed by atoms with van der Waals surface area (Å²) in [5, 5.41) is 0. The van der Waals surface area contributed by atoms with Crippen LogP contribution in [0.3, 0.4) is 0 Å². The molecule has 1 saturated carbocycles. The van der Waals surface area contributed by atoms with Crippen molar-refractivity contribution in [1.29, 1.82) is 0 Å². The van der Waals surface area contributed by atoms with Crippen LogP contribution < -0.4 is 0 Å². The second-order valence-corrected chi connectivity index (χ2v) is 14.5. The Labute approximate surface area is 251 Å². The van der Waals surface area contributed by atoms with E-state index in [0.717, 1.165) is 37.0 Å². The smallest absolute Gasteiger partial charge is 0.133 e. The maximum atomic E-state index is 15.4. The number of hydrogen-bond acceptors (Lipinski definition) is 3. The minimum Gasteiger partial charge on any atom is -0.489 e. The van der Waals surface area contributed by atoms with E-state index in [9.17, 15) is 0 Å². The fraction of sp³-hybridized carbons (Fsp3) is 0.579. The monoisotopic (exact) mass is 566 g/mol. The lowest BCUT2D eigenvalue weighted by Crippen LogP contribution is -2.54. The van der Waals surface area contributed by atoms with Crippen LogP contribution in [0.1, 0.15) is 91.0 Å². The number of fused-ring (bicyclic) bond motifs is 8. The molecule has 3 aliphatic carbocycles. The van der Waals surface area contributed by atoms with Gasteiger partial charge in [-0.25, -0.2) is 4.39 Å². The van der Waals surface area contributed by atoms with Gasteiger partial charge in [-0.15, -0.1) is 0 Å². The van der Waals surface area contributed by atoms with Gasteiger partial charge in [-0.3, -0.25) is 0 Å². The molecule has 8 rings (SSSR count). The zero-order valence-corrected chi connectivity index (χ0v) is 26.1. The van der Waals surface area contributed by atoms with Crippen LogP contribution in [0.2, 0.25) is 0 Å². The van der Waals surface area contributed by atoms with E-state index in [2.05, 4.69) is 80.8 Å². The van der Waals surface area contributed by atoms with Gasteiger partial charge >= 0.3 is 0 Å². The van der Waals surface area contributed by atoms with Gasteiger partial charge in [0.25, 0.3) is 0 Å². The average Bonchev–Trinajstić information content (AvgIpc) is 3.55. The lowest BCUT2D eigenvalue weighted by atomic mass is 9.68. The summed E-state index contributed by atoms with van der Waals surface area (Å²) < 4.78 is 22.3. The molecule has 0 bridgehead atoms. The topological polar surface area (TPSA) is 15.7 Å². The first-order valence-corrected chi connectivity index (χ1v) is 16.9. The summed E-state index contributed by atoms with van der Waals surface area (Å²) in [4.78, 5) is 5.58.